The van der Waals surface area contributed by atoms with Crippen molar-refractivity contribution in [2.24, 2.45) is 5.92 Å². The van der Waals surface area contributed by atoms with E-state index in [4.69, 9.17) is 16.3 Å². The van der Waals surface area contributed by atoms with Gasteiger partial charge >= 0.3 is 0 Å². The number of anilines is 1. The number of morpholine rings is 1. The zero-order chi connectivity index (χ0) is 18.8. The molecule has 5 nitrogen and oxygen atoms in total. The first kappa shape index (κ1) is 18.0. The Balaban J connectivity index is 1.43. The largest absolute Gasteiger partial charge is 0.370 e. The highest BCUT2D eigenvalue weighted by Crippen LogP contribution is 2.29. The third-order valence-corrected chi connectivity index (χ3v) is 5.41. The summed E-state index contributed by atoms with van der Waals surface area (Å²) in [5, 5.41) is 0.674. The Morgan fingerprint density at radius 1 is 1.04 bits per heavy atom. The molecule has 2 heterocycles. The lowest BCUT2D eigenvalue weighted by Gasteiger charge is -2.34. The molecule has 0 radical (unpaired) electrons. The number of rotatable bonds is 3. The monoisotopic (exact) mass is 384 g/mol. The average Bonchev–Trinajstić information content (AvgIpc) is 3.10. The summed E-state index contributed by atoms with van der Waals surface area (Å²) in [6, 6.07) is 17.0. The summed E-state index contributed by atoms with van der Waals surface area (Å²) in [5.41, 5.74) is 1.85. The molecule has 0 aliphatic carbocycles. The fourth-order valence-corrected chi connectivity index (χ4v) is 3.84. The smallest absolute Gasteiger partial charge is 0.228 e. The second kappa shape index (κ2) is 7.71. The first-order valence-corrected chi connectivity index (χ1v) is 9.51. The number of carbonyl (C=O) groups is 2. The predicted molar refractivity (Wildman–Crippen MR) is 104 cm³/mol. The molecule has 0 spiro atoms. The van der Waals surface area contributed by atoms with Crippen molar-refractivity contribution in [3.63, 3.8) is 0 Å². The van der Waals surface area contributed by atoms with Gasteiger partial charge in [-0.1, -0.05) is 41.9 Å². The highest BCUT2D eigenvalue weighted by Gasteiger charge is 2.38. The van der Waals surface area contributed by atoms with Crippen LogP contribution in [0.25, 0.3) is 0 Å². The second-order valence-corrected chi connectivity index (χ2v) is 7.37. The molecule has 2 aliphatic heterocycles. The summed E-state index contributed by atoms with van der Waals surface area (Å²) in [4.78, 5) is 29.0. The van der Waals surface area contributed by atoms with Gasteiger partial charge in [-0.2, -0.15) is 0 Å². The number of hydrogen-bond acceptors (Lipinski definition) is 3. The van der Waals surface area contributed by atoms with E-state index in [0.29, 0.717) is 31.3 Å². The van der Waals surface area contributed by atoms with Crippen LogP contribution in [0.5, 0.6) is 0 Å². The average molecular weight is 385 g/mol. The highest BCUT2D eigenvalue weighted by atomic mass is 35.5. The topological polar surface area (TPSA) is 49.9 Å². The summed E-state index contributed by atoms with van der Waals surface area (Å²) in [6.45, 7) is 1.97. The number of benzene rings is 2. The molecule has 4 rings (SSSR count). The quantitative estimate of drug-likeness (QED) is 0.815. The Morgan fingerprint density at radius 3 is 2.52 bits per heavy atom. The molecule has 2 aliphatic rings. The molecule has 27 heavy (non-hydrogen) atoms. The van der Waals surface area contributed by atoms with E-state index in [1.165, 1.54) is 0 Å². The number of ether oxygens (including phenoxy) is 1. The third-order valence-electron chi connectivity index (χ3n) is 5.16. The van der Waals surface area contributed by atoms with Gasteiger partial charge in [0.25, 0.3) is 0 Å². The van der Waals surface area contributed by atoms with Crippen LogP contribution in [0.15, 0.2) is 54.6 Å². The van der Waals surface area contributed by atoms with E-state index in [1.54, 1.807) is 4.90 Å². The Labute approximate surface area is 163 Å². The predicted octanol–water partition coefficient (Wildman–Crippen LogP) is 3.29. The third kappa shape index (κ3) is 3.84. The van der Waals surface area contributed by atoms with Crippen molar-refractivity contribution in [3.8, 4) is 0 Å². The maximum Gasteiger partial charge on any atom is 0.228 e. The fraction of sp³-hybridized carbons (Fsp3) is 0.333. The summed E-state index contributed by atoms with van der Waals surface area (Å²) in [6.07, 6.45) is 0.0961. The molecule has 2 saturated heterocycles. The van der Waals surface area contributed by atoms with Crippen molar-refractivity contribution in [1.82, 2.24) is 4.90 Å². The van der Waals surface area contributed by atoms with E-state index in [2.05, 4.69) is 0 Å². The molecular formula is C21H21ClN2O3. The van der Waals surface area contributed by atoms with E-state index in [0.717, 1.165) is 11.3 Å². The minimum Gasteiger partial charge on any atom is -0.370 e. The van der Waals surface area contributed by atoms with Crippen molar-refractivity contribution in [1.29, 1.82) is 0 Å². The Hall–Kier alpha value is -2.37. The maximum atomic E-state index is 13.0. The normalized spacial score (nSPS) is 22.9. The van der Waals surface area contributed by atoms with E-state index >= 15 is 0 Å². The zero-order valence-electron chi connectivity index (χ0n) is 14.9. The number of nitrogens with zero attached hydrogens (tertiary/aromatic N) is 2. The number of hydrogen-bond donors (Lipinski definition) is 0. The van der Waals surface area contributed by atoms with Gasteiger partial charge in [-0.25, -0.2) is 0 Å². The lowest BCUT2D eigenvalue weighted by atomic mass is 10.0. The van der Waals surface area contributed by atoms with Gasteiger partial charge in [-0.3, -0.25) is 9.59 Å². The standard InChI is InChI=1S/C21H21ClN2O3/c22-17-8-6-15(7-9-17)19-14-23(10-11-27-19)21(26)16-12-20(25)24(13-16)18-4-2-1-3-5-18/h1-9,16,19H,10-14H2. The Morgan fingerprint density at radius 2 is 1.78 bits per heavy atom. The molecule has 2 aromatic rings. The summed E-state index contributed by atoms with van der Waals surface area (Å²) < 4.78 is 5.84. The minimum absolute atomic E-state index is 0.00191. The molecule has 2 fully saturated rings. The van der Waals surface area contributed by atoms with Crippen LogP contribution in [0.2, 0.25) is 5.02 Å². The highest BCUT2D eigenvalue weighted by molar-refractivity contribution is 6.30. The van der Waals surface area contributed by atoms with Crippen LogP contribution in [0, 0.1) is 5.92 Å². The zero-order valence-corrected chi connectivity index (χ0v) is 15.6. The lowest BCUT2D eigenvalue weighted by Crippen LogP contribution is -2.45. The minimum atomic E-state index is -0.304. The van der Waals surface area contributed by atoms with Gasteiger partial charge in [-0.05, 0) is 29.8 Å². The number of carbonyl (C=O) groups excluding carboxylic acids is 2. The van der Waals surface area contributed by atoms with E-state index in [1.807, 2.05) is 59.5 Å². The van der Waals surface area contributed by atoms with Gasteiger partial charge in [0.05, 0.1) is 19.1 Å². The molecule has 0 aromatic heterocycles. The molecular weight excluding hydrogens is 364 g/mol. The second-order valence-electron chi connectivity index (χ2n) is 6.94. The first-order chi connectivity index (χ1) is 13.1. The van der Waals surface area contributed by atoms with E-state index < -0.39 is 0 Å². The van der Waals surface area contributed by atoms with E-state index in [9.17, 15) is 9.59 Å². The van der Waals surface area contributed by atoms with Gasteiger partial charge in [0.15, 0.2) is 0 Å². The lowest BCUT2D eigenvalue weighted by molar-refractivity contribution is -0.143. The summed E-state index contributed by atoms with van der Waals surface area (Å²) in [7, 11) is 0. The van der Waals surface area contributed by atoms with Crippen molar-refractivity contribution < 1.29 is 14.3 Å². The van der Waals surface area contributed by atoms with Crippen LogP contribution in [-0.4, -0.2) is 43.0 Å². The van der Waals surface area contributed by atoms with Crippen LogP contribution in [0.4, 0.5) is 5.69 Å². The molecule has 0 bridgehead atoms. The van der Waals surface area contributed by atoms with Crippen LogP contribution in [0.1, 0.15) is 18.1 Å². The van der Waals surface area contributed by atoms with Gasteiger partial charge in [0, 0.05) is 30.2 Å². The van der Waals surface area contributed by atoms with Crippen LogP contribution < -0.4 is 4.90 Å². The molecule has 2 unspecified atom stereocenters. The molecule has 2 aromatic carbocycles. The van der Waals surface area contributed by atoms with Crippen molar-refractivity contribution in [3.05, 3.63) is 65.2 Å². The van der Waals surface area contributed by atoms with Crippen molar-refractivity contribution >= 4 is 29.1 Å². The number of para-hydroxylation sites is 1. The van der Waals surface area contributed by atoms with Crippen LogP contribution in [-0.2, 0) is 14.3 Å². The van der Waals surface area contributed by atoms with Gasteiger partial charge in [0.1, 0.15) is 6.10 Å². The Bertz CT molecular complexity index is 825. The summed E-state index contributed by atoms with van der Waals surface area (Å²) >= 11 is 5.95. The van der Waals surface area contributed by atoms with Crippen molar-refractivity contribution in [2.45, 2.75) is 12.5 Å². The first-order valence-electron chi connectivity index (χ1n) is 9.13. The van der Waals surface area contributed by atoms with Gasteiger partial charge < -0.3 is 14.5 Å². The molecule has 6 heteroatoms. The van der Waals surface area contributed by atoms with Crippen LogP contribution in [0.3, 0.4) is 0 Å². The molecule has 2 atom stereocenters. The fourth-order valence-electron chi connectivity index (χ4n) is 3.72. The molecule has 0 N–H and O–H groups in total. The number of halogens is 1. The molecule has 140 valence electrons. The van der Waals surface area contributed by atoms with Crippen molar-refractivity contribution in [2.75, 3.05) is 31.1 Å². The molecule has 2 amide bonds. The van der Waals surface area contributed by atoms with Gasteiger partial charge in [-0.15, -0.1) is 0 Å². The van der Waals surface area contributed by atoms with Gasteiger partial charge in [0.2, 0.25) is 11.8 Å². The SMILES string of the molecule is O=C(C1CC(=O)N(c2ccccc2)C1)N1CCOC(c2ccc(Cl)cc2)C1. The Kier molecular flexibility index (Phi) is 5.14. The number of amides is 2. The summed E-state index contributed by atoms with van der Waals surface area (Å²) in [5.74, 6) is -0.271. The maximum absolute atomic E-state index is 13.0. The molecule has 0 saturated carbocycles. The van der Waals surface area contributed by atoms with E-state index in [-0.39, 0.29) is 30.3 Å². The van der Waals surface area contributed by atoms with Crippen LogP contribution >= 0.6 is 11.6 Å².